The maximum absolute atomic E-state index is 11.7. The molecule has 6 nitrogen and oxygen atoms in total. The molecule has 0 atom stereocenters. The molecule has 0 saturated heterocycles. The number of benzene rings is 1. The van der Waals surface area contributed by atoms with Crippen molar-refractivity contribution >= 4 is 11.6 Å². The Morgan fingerprint density at radius 1 is 1.41 bits per heavy atom. The minimum Gasteiger partial charge on any atom is -0.390 e. The lowest BCUT2D eigenvalue weighted by Crippen LogP contribution is -2.13. The van der Waals surface area contributed by atoms with Crippen LogP contribution in [-0.2, 0) is 17.8 Å². The Hall–Kier alpha value is -2.21. The third-order valence-electron chi connectivity index (χ3n) is 2.73. The molecule has 2 N–H and O–H groups in total. The first-order valence-corrected chi connectivity index (χ1v) is 5.23. The van der Waals surface area contributed by atoms with Gasteiger partial charge in [0.2, 0.25) is 5.91 Å². The largest absolute Gasteiger partial charge is 0.390 e. The summed E-state index contributed by atoms with van der Waals surface area (Å²) in [4.78, 5) is 11.7. The van der Waals surface area contributed by atoms with E-state index < -0.39 is 0 Å². The van der Waals surface area contributed by atoms with E-state index in [2.05, 4.69) is 15.6 Å². The summed E-state index contributed by atoms with van der Waals surface area (Å²) < 4.78 is 1.60. The fraction of sp³-hybridized carbons (Fsp3) is 0.182. The van der Waals surface area contributed by atoms with Gasteiger partial charge in [-0.25, -0.2) is 4.68 Å². The van der Waals surface area contributed by atoms with Gasteiger partial charge in [-0.1, -0.05) is 17.3 Å². The minimum absolute atomic E-state index is 0.131. The van der Waals surface area contributed by atoms with E-state index in [0.29, 0.717) is 17.1 Å². The van der Waals surface area contributed by atoms with Crippen LogP contribution in [0.2, 0.25) is 0 Å². The Morgan fingerprint density at radius 3 is 3.06 bits per heavy atom. The third-order valence-corrected chi connectivity index (χ3v) is 2.73. The summed E-state index contributed by atoms with van der Waals surface area (Å²) >= 11 is 0. The number of carbonyl (C=O) groups is 1. The maximum atomic E-state index is 11.7. The molecule has 1 aliphatic heterocycles. The van der Waals surface area contributed by atoms with Crippen LogP contribution >= 0.6 is 0 Å². The van der Waals surface area contributed by atoms with Crippen LogP contribution in [0.25, 0.3) is 5.69 Å². The predicted molar refractivity (Wildman–Crippen MR) is 59.6 cm³/mol. The van der Waals surface area contributed by atoms with Gasteiger partial charge in [-0.15, -0.1) is 5.10 Å². The van der Waals surface area contributed by atoms with Crippen molar-refractivity contribution in [3.05, 3.63) is 35.7 Å². The normalized spacial score (nSPS) is 13.6. The Kier molecular flexibility index (Phi) is 2.15. The van der Waals surface area contributed by atoms with Gasteiger partial charge < -0.3 is 10.4 Å². The number of nitrogens with zero attached hydrogens (tertiary/aromatic N) is 3. The van der Waals surface area contributed by atoms with E-state index in [9.17, 15) is 4.79 Å². The summed E-state index contributed by atoms with van der Waals surface area (Å²) in [6.45, 7) is -0.217. The number of carbonyl (C=O) groups excluding carboxylic acids is 1. The fourth-order valence-electron chi connectivity index (χ4n) is 1.94. The first-order chi connectivity index (χ1) is 8.29. The van der Waals surface area contributed by atoms with Gasteiger partial charge in [-0.05, 0) is 12.1 Å². The summed E-state index contributed by atoms with van der Waals surface area (Å²) in [5.74, 6) is -0.131. The van der Waals surface area contributed by atoms with Gasteiger partial charge in [0.05, 0.1) is 30.1 Å². The first kappa shape index (κ1) is 9.98. The number of anilines is 1. The summed E-state index contributed by atoms with van der Waals surface area (Å²) in [6, 6.07) is 7.36. The monoisotopic (exact) mass is 230 g/mol. The first-order valence-electron chi connectivity index (χ1n) is 5.23. The van der Waals surface area contributed by atoms with E-state index in [4.69, 9.17) is 5.11 Å². The molecular weight excluding hydrogens is 220 g/mol. The van der Waals surface area contributed by atoms with Crippen LogP contribution in [0.1, 0.15) is 11.4 Å². The van der Waals surface area contributed by atoms with Crippen molar-refractivity contribution in [1.82, 2.24) is 15.0 Å². The molecule has 1 aliphatic rings. The zero-order valence-electron chi connectivity index (χ0n) is 8.92. The number of aromatic nitrogens is 3. The van der Waals surface area contributed by atoms with E-state index in [1.54, 1.807) is 4.68 Å². The van der Waals surface area contributed by atoms with E-state index >= 15 is 0 Å². The lowest BCUT2D eigenvalue weighted by molar-refractivity contribution is -0.115. The number of amides is 1. The number of hydrogen-bond acceptors (Lipinski definition) is 4. The lowest BCUT2D eigenvalue weighted by atomic mass is 10.2. The van der Waals surface area contributed by atoms with Crippen molar-refractivity contribution in [1.29, 1.82) is 0 Å². The molecule has 1 amide bonds. The van der Waals surface area contributed by atoms with Crippen LogP contribution in [-0.4, -0.2) is 26.0 Å². The lowest BCUT2D eigenvalue weighted by Gasteiger charge is -2.06. The van der Waals surface area contributed by atoms with Crippen LogP contribution in [0, 0.1) is 0 Å². The molecule has 0 aliphatic carbocycles. The Morgan fingerprint density at radius 2 is 2.24 bits per heavy atom. The molecule has 0 bridgehead atoms. The molecule has 0 fully saturated rings. The third kappa shape index (κ3) is 1.50. The molecule has 3 rings (SSSR count). The van der Waals surface area contributed by atoms with Crippen LogP contribution in [0.3, 0.4) is 0 Å². The van der Waals surface area contributed by atoms with Crippen molar-refractivity contribution in [2.45, 2.75) is 13.0 Å². The molecule has 1 aromatic heterocycles. The standard InChI is InChI=1S/C11H10N4O2/c16-6-8-10-5-11(17)12-7-3-1-2-4-9(7)15(10)14-13-8/h1-4,16H,5-6H2,(H,12,17). The van der Waals surface area contributed by atoms with Crippen molar-refractivity contribution in [2.75, 3.05) is 5.32 Å². The van der Waals surface area contributed by atoms with Gasteiger partial charge in [0.25, 0.3) is 0 Å². The molecular formula is C11H10N4O2. The average molecular weight is 230 g/mol. The van der Waals surface area contributed by atoms with Crippen LogP contribution < -0.4 is 5.32 Å². The molecule has 0 spiro atoms. The molecule has 0 radical (unpaired) electrons. The Balaban J connectivity index is 2.26. The number of aliphatic hydroxyl groups is 1. The van der Waals surface area contributed by atoms with E-state index in [-0.39, 0.29) is 18.9 Å². The molecule has 0 saturated carbocycles. The Bertz CT molecular complexity index is 591. The minimum atomic E-state index is -0.217. The number of para-hydroxylation sites is 2. The fourth-order valence-corrected chi connectivity index (χ4v) is 1.94. The summed E-state index contributed by atoms with van der Waals surface area (Å²) in [7, 11) is 0. The zero-order chi connectivity index (χ0) is 11.8. The predicted octanol–water partition coefficient (Wildman–Crippen LogP) is 0.254. The quantitative estimate of drug-likeness (QED) is 0.736. The van der Waals surface area contributed by atoms with E-state index in [1.807, 2.05) is 24.3 Å². The van der Waals surface area contributed by atoms with Gasteiger partial charge >= 0.3 is 0 Å². The molecule has 2 aromatic rings. The van der Waals surface area contributed by atoms with Crippen LogP contribution in [0.4, 0.5) is 5.69 Å². The smallest absolute Gasteiger partial charge is 0.230 e. The summed E-state index contributed by atoms with van der Waals surface area (Å²) in [5.41, 5.74) is 2.54. The number of aliphatic hydroxyl groups excluding tert-OH is 1. The van der Waals surface area contributed by atoms with Crippen LogP contribution in [0.15, 0.2) is 24.3 Å². The van der Waals surface area contributed by atoms with Gasteiger partial charge in [-0.2, -0.15) is 0 Å². The van der Waals surface area contributed by atoms with Gasteiger partial charge in [0.1, 0.15) is 5.69 Å². The van der Waals surface area contributed by atoms with Gasteiger partial charge in [-0.3, -0.25) is 4.79 Å². The topological polar surface area (TPSA) is 80.0 Å². The SMILES string of the molecule is O=C1Cc2c(CO)nnn2-c2ccccc2N1. The molecule has 6 heteroatoms. The number of hydrogen-bond donors (Lipinski definition) is 2. The Labute approximate surface area is 96.9 Å². The van der Waals surface area contributed by atoms with Crippen molar-refractivity contribution in [3.8, 4) is 5.69 Å². The molecule has 1 aromatic carbocycles. The average Bonchev–Trinajstić information content (AvgIpc) is 2.66. The van der Waals surface area contributed by atoms with Crippen molar-refractivity contribution in [3.63, 3.8) is 0 Å². The highest BCUT2D eigenvalue weighted by Crippen LogP contribution is 2.25. The zero-order valence-corrected chi connectivity index (χ0v) is 8.92. The van der Waals surface area contributed by atoms with Gasteiger partial charge in [0.15, 0.2) is 0 Å². The number of fused-ring (bicyclic) bond motifs is 3. The van der Waals surface area contributed by atoms with E-state index in [1.165, 1.54) is 0 Å². The van der Waals surface area contributed by atoms with Crippen molar-refractivity contribution < 1.29 is 9.90 Å². The molecule has 17 heavy (non-hydrogen) atoms. The second-order valence-corrected chi connectivity index (χ2v) is 3.79. The highest BCUT2D eigenvalue weighted by Gasteiger charge is 2.22. The molecule has 2 heterocycles. The van der Waals surface area contributed by atoms with E-state index in [0.717, 1.165) is 5.69 Å². The molecule has 0 unspecified atom stereocenters. The second kappa shape index (κ2) is 3.67. The number of rotatable bonds is 1. The van der Waals surface area contributed by atoms with Gasteiger partial charge in [0, 0.05) is 0 Å². The van der Waals surface area contributed by atoms with Crippen molar-refractivity contribution in [2.24, 2.45) is 0 Å². The highest BCUT2D eigenvalue weighted by atomic mass is 16.3. The molecule has 86 valence electrons. The highest BCUT2D eigenvalue weighted by molar-refractivity contribution is 5.95. The van der Waals surface area contributed by atoms with Crippen LogP contribution in [0.5, 0.6) is 0 Å². The summed E-state index contributed by atoms with van der Waals surface area (Å²) in [6.07, 6.45) is 0.164. The summed E-state index contributed by atoms with van der Waals surface area (Å²) in [5, 5.41) is 19.8. The number of nitrogens with one attached hydrogen (secondary N) is 1. The maximum Gasteiger partial charge on any atom is 0.230 e. The second-order valence-electron chi connectivity index (χ2n) is 3.79.